The van der Waals surface area contributed by atoms with Gasteiger partial charge in [-0.2, -0.15) is 0 Å². The number of nitrogens with zero attached hydrogens (tertiary/aromatic N) is 1. The number of halogens is 1. The minimum Gasteiger partial charge on any atom is -0.487 e. The van der Waals surface area contributed by atoms with E-state index in [0.717, 1.165) is 22.6 Å². The average Bonchev–Trinajstić information content (AvgIpc) is 2.69. The molecule has 4 nitrogen and oxygen atoms in total. The molecule has 0 amide bonds. The number of aryl methyl sites for hydroxylation is 2. The van der Waals surface area contributed by atoms with Crippen LogP contribution < -0.4 is 10.1 Å². The van der Waals surface area contributed by atoms with Crippen LogP contribution in [0.2, 0.25) is 5.02 Å². The Hall–Kier alpha value is -1.52. The standard InChI is InChI=1S/C14H17ClN2O2/c1-9-12(10(2)19-17-9)8-18-14-11(7-16-3)5-4-6-13(14)15/h4-6,16H,7-8H2,1-3H3. The number of hydrogen-bond donors (Lipinski definition) is 1. The maximum atomic E-state index is 6.19. The van der Waals surface area contributed by atoms with Crippen molar-refractivity contribution in [1.29, 1.82) is 0 Å². The molecule has 2 aromatic rings. The highest BCUT2D eigenvalue weighted by molar-refractivity contribution is 6.32. The Kier molecular flexibility index (Phi) is 4.45. The third-order valence-corrected chi connectivity index (χ3v) is 3.26. The van der Waals surface area contributed by atoms with Crippen LogP contribution in [0, 0.1) is 13.8 Å². The molecule has 0 fully saturated rings. The monoisotopic (exact) mass is 280 g/mol. The number of ether oxygens (including phenoxy) is 1. The van der Waals surface area contributed by atoms with Crippen LogP contribution in [0.25, 0.3) is 0 Å². The summed E-state index contributed by atoms with van der Waals surface area (Å²) >= 11 is 6.19. The van der Waals surface area contributed by atoms with Crippen molar-refractivity contribution in [3.8, 4) is 5.75 Å². The molecule has 1 aromatic heterocycles. The summed E-state index contributed by atoms with van der Waals surface area (Å²) in [6.45, 7) is 4.88. The van der Waals surface area contributed by atoms with Gasteiger partial charge in [0.25, 0.3) is 0 Å². The summed E-state index contributed by atoms with van der Waals surface area (Å²) in [5, 5.41) is 7.62. The highest BCUT2D eigenvalue weighted by Crippen LogP contribution is 2.30. The first-order valence-electron chi connectivity index (χ1n) is 6.10. The maximum Gasteiger partial charge on any atom is 0.142 e. The van der Waals surface area contributed by atoms with Crippen LogP contribution in [-0.2, 0) is 13.2 Å². The minimum atomic E-state index is 0.404. The molecule has 1 aromatic carbocycles. The first-order valence-corrected chi connectivity index (χ1v) is 6.47. The molecule has 0 saturated carbocycles. The number of hydrogen-bond acceptors (Lipinski definition) is 4. The normalized spacial score (nSPS) is 10.7. The SMILES string of the molecule is CNCc1cccc(Cl)c1OCc1c(C)noc1C. The van der Waals surface area contributed by atoms with E-state index in [9.17, 15) is 0 Å². The second-order valence-electron chi connectivity index (χ2n) is 4.35. The molecule has 102 valence electrons. The zero-order valence-electron chi connectivity index (χ0n) is 11.3. The smallest absolute Gasteiger partial charge is 0.142 e. The van der Waals surface area contributed by atoms with Crippen molar-refractivity contribution in [2.45, 2.75) is 27.0 Å². The summed E-state index contributed by atoms with van der Waals surface area (Å²) in [6.07, 6.45) is 0. The number of aromatic nitrogens is 1. The summed E-state index contributed by atoms with van der Waals surface area (Å²) in [7, 11) is 1.89. The third-order valence-electron chi connectivity index (χ3n) is 2.96. The predicted octanol–water partition coefficient (Wildman–Crippen LogP) is 3.24. The van der Waals surface area contributed by atoms with Gasteiger partial charge in [-0.05, 0) is 27.0 Å². The van der Waals surface area contributed by atoms with Crippen molar-refractivity contribution in [2.75, 3.05) is 7.05 Å². The molecule has 0 radical (unpaired) electrons. The lowest BCUT2D eigenvalue weighted by atomic mass is 10.2. The fourth-order valence-corrected chi connectivity index (χ4v) is 2.15. The Bertz CT molecular complexity index is 547. The van der Waals surface area contributed by atoms with Gasteiger partial charge in [0.2, 0.25) is 0 Å². The first-order chi connectivity index (χ1) is 9.13. The van der Waals surface area contributed by atoms with E-state index in [0.29, 0.717) is 23.9 Å². The Morgan fingerprint density at radius 2 is 2.16 bits per heavy atom. The van der Waals surface area contributed by atoms with Crippen molar-refractivity contribution in [2.24, 2.45) is 0 Å². The van der Waals surface area contributed by atoms with Crippen LogP contribution in [0.5, 0.6) is 5.75 Å². The Labute approximate surface area is 117 Å². The summed E-state index contributed by atoms with van der Waals surface area (Å²) in [6, 6.07) is 5.73. The van der Waals surface area contributed by atoms with Crippen LogP contribution in [0.4, 0.5) is 0 Å². The van der Waals surface area contributed by atoms with E-state index in [1.165, 1.54) is 0 Å². The fourth-order valence-electron chi connectivity index (χ4n) is 1.90. The number of rotatable bonds is 5. The van der Waals surface area contributed by atoms with Gasteiger partial charge in [-0.15, -0.1) is 0 Å². The van der Waals surface area contributed by atoms with Crippen molar-refractivity contribution >= 4 is 11.6 Å². The lowest BCUT2D eigenvalue weighted by Gasteiger charge is -2.12. The maximum absolute atomic E-state index is 6.19. The van der Waals surface area contributed by atoms with Gasteiger partial charge < -0.3 is 14.6 Å². The Balaban J connectivity index is 2.19. The van der Waals surface area contributed by atoms with Crippen molar-refractivity contribution in [3.05, 3.63) is 45.8 Å². The molecule has 0 aliphatic heterocycles. The second kappa shape index (κ2) is 6.08. The van der Waals surface area contributed by atoms with Gasteiger partial charge in [-0.1, -0.05) is 28.9 Å². The van der Waals surface area contributed by atoms with Gasteiger partial charge in [-0.25, -0.2) is 0 Å². The van der Waals surface area contributed by atoms with Gasteiger partial charge in [0.1, 0.15) is 18.1 Å². The zero-order valence-corrected chi connectivity index (χ0v) is 12.0. The molecule has 0 spiro atoms. The highest BCUT2D eigenvalue weighted by atomic mass is 35.5. The van der Waals surface area contributed by atoms with E-state index in [1.54, 1.807) is 0 Å². The topological polar surface area (TPSA) is 47.3 Å². The van der Waals surface area contributed by atoms with Crippen LogP contribution in [0.1, 0.15) is 22.6 Å². The number of benzene rings is 1. The third kappa shape index (κ3) is 3.08. The average molecular weight is 281 g/mol. The van der Waals surface area contributed by atoms with Crippen LogP contribution in [-0.4, -0.2) is 12.2 Å². The van der Waals surface area contributed by atoms with Crippen LogP contribution in [0.3, 0.4) is 0 Å². The Morgan fingerprint density at radius 1 is 1.37 bits per heavy atom. The van der Waals surface area contributed by atoms with Crippen LogP contribution >= 0.6 is 11.6 Å². The second-order valence-corrected chi connectivity index (χ2v) is 4.76. The van der Waals surface area contributed by atoms with E-state index in [1.807, 2.05) is 39.1 Å². The highest BCUT2D eigenvalue weighted by Gasteiger charge is 2.13. The zero-order chi connectivity index (χ0) is 13.8. The van der Waals surface area contributed by atoms with Gasteiger partial charge in [0.15, 0.2) is 0 Å². The summed E-state index contributed by atoms with van der Waals surface area (Å²) in [5.41, 5.74) is 2.84. The molecule has 0 bridgehead atoms. The molecule has 0 aliphatic carbocycles. The Morgan fingerprint density at radius 3 is 2.79 bits per heavy atom. The van der Waals surface area contributed by atoms with E-state index in [-0.39, 0.29) is 0 Å². The lowest BCUT2D eigenvalue weighted by molar-refractivity contribution is 0.298. The first kappa shape index (κ1) is 13.9. The molecule has 19 heavy (non-hydrogen) atoms. The quantitative estimate of drug-likeness (QED) is 0.913. The summed E-state index contributed by atoms with van der Waals surface area (Å²) < 4.78 is 11.0. The molecular formula is C14H17ClN2O2. The van der Waals surface area contributed by atoms with Gasteiger partial charge in [0.05, 0.1) is 16.3 Å². The van der Waals surface area contributed by atoms with Gasteiger partial charge in [0, 0.05) is 12.1 Å². The molecule has 2 rings (SSSR count). The minimum absolute atomic E-state index is 0.404. The summed E-state index contributed by atoms with van der Waals surface area (Å²) in [4.78, 5) is 0. The van der Waals surface area contributed by atoms with Gasteiger partial charge >= 0.3 is 0 Å². The van der Waals surface area contributed by atoms with E-state index < -0.39 is 0 Å². The molecule has 0 unspecified atom stereocenters. The molecule has 1 N–H and O–H groups in total. The largest absolute Gasteiger partial charge is 0.487 e. The number of para-hydroxylation sites is 1. The molecule has 1 heterocycles. The molecule has 0 atom stereocenters. The molecule has 0 saturated heterocycles. The van der Waals surface area contributed by atoms with Crippen molar-refractivity contribution < 1.29 is 9.26 Å². The predicted molar refractivity (Wildman–Crippen MR) is 74.5 cm³/mol. The van der Waals surface area contributed by atoms with Crippen molar-refractivity contribution in [3.63, 3.8) is 0 Å². The molecular weight excluding hydrogens is 264 g/mol. The van der Waals surface area contributed by atoms with E-state index >= 15 is 0 Å². The lowest BCUT2D eigenvalue weighted by Crippen LogP contribution is -2.08. The molecule has 0 aliphatic rings. The van der Waals surface area contributed by atoms with Gasteiger partial charge in [-0.3, -0.25) is 0 Å². The summed E-state index contributed by atoms with van der Waals surface area (Å²) in [5.74, 6) is 1.48. The van der Waals surface area contributed by atoms with E-state index in [2.05, 4.69) is 10.5 Å². The van der Waals surface area contributed by atoms with E-state index in [4.69, 9.17) is 20.9 Å². The van der Waals surface area contributed by atoms with Crippen LogP contribution in [0.15, 0.2) is 22.7 Å². The molecule has 5 heteroatoms. The number of nitrogens with one attached hydrogen (secondary N) is 1. The fraction of sp³-hybridized carbons (Fsp3) is 0.357. The van der Waals surface area contributed by atoms with Crippen molar-refractivity contribution in [1.82, 2.24) is 10.5 Å².